The lowest BCUT2D eigenvalue weighted by Gasteiger charge is -2.19. The molecule has 1 aliphatic heterocycles. The van der Waals surface area contributed by atoms with Crippen molar-refractivity contribution in [3.8, 4) is 0 Å². The van der Waals surface area contributed by atoms with E-state index in [9.17, 15) is 4.79 Å². The standard InChI is InChI=1S/C18H27BrN2O/c1-3-5-14(2)10-18(22)20-12-15-8-9-21(13-15)17-7-4-6-16(19)11-17/h4,6-7,11,14-15H,3,5,8-10,12-13H2,1-2H3,(H,20,22). The van der Waals surface area contributed by atoms with Crippen molar-refractivity contribution in [1.29, 1.82) is 0 Å². The van der Waals surface area contributed by atoms with Gasteiger partial charge in [-0.15, -0.1) is 0 Å². The van der Waals surface area contributed by atoms with Crippen LogP contribution in [0.15, 0.2) is 28.7 Å². The molecule has 4 heteroatoms. The number of benzene rings is 1. The van der Waals surface area contributed by atoms with Gasteiger partial charge in [0, 0.05) is 36.2 Å². The molecule has 1 heterocycles. The Morgan fingerprint density at radius 1 is 1.50 bits per heavy atom. The summed E-state index contributed by atoms with van der Waals surface area (Å²) in [5, 5.41) is 3.12. The zero-order valence-corrected chi connectivity index (χ0v) is 15.2. The summed E-state index contributed by atoms with van der Waals surface area (Å²) in [6.07, 6.45) is 4.10. The third-order valence-corrected chi connectivity index (χ3v) is 4.86. The molecule has 122 valence electrons. The first-order valence-corrected chi connectivity index (χ1v) is 9.15. The van der Waals surface area contributed by atoms with E-state index in [0.717, 1.165) is 43.4 Å². The van der Waals surface area contributed by atoms with Crippen molar-refractivity contribution in [3.05, 3.63) is 28.7 Å². The molecule has 0 aromatic heterocycles. The minimum absolute atomic E-state index is 0.210. The lowest BCUT2D eigenvalue weighted by molar-refractivity contribution is -0.122. The fraction of sp³-hybridized carbons (Fsp3) is 0.611. The van der Waals surface area contributed by atoms with E-state index in [4.69, 9.17) is 0 Å². The van der Waals surface area contributed by atoms with Gasteiger partial charge in [0.2, 0.25) is 5.91 Å². The Labute approximate surface area is 142 Å². The number of halogens is 1. The third kappa shape index (κ3) is 5.31. The summed E-state index contributed by atoms with van der Waals surface area (Å²) in [7, 11) is 0. The van der Waals surface area contributed by atoms with Crippen molar-refractivity contribution >= 4 is 27.5 Å². The normalized spacial score (nSPS) is 19.2. The number of anilines is 1. The van der Waals surface area contributed by atoms with Crippen molar-refractivity contribution in [2.45, 2.75) is 39.5 Å². The van der Waals surface area contributed by atoms with E-state index >= 15 is 0 Å². The van der Waals surface area contributed by atoms with Crippen LogP contribution < -0.4 is 10.2 Å². The first-order chi connectivity index (χ1) is 10.6. The Balaban J connectivity index is 1.73. The van der Waals surface area contributed by atoms with Crippen molar-refractivity contribution in [2.24, 2.45) is 11.8 Å². The van der Waals surface area contributed by atoms with Crippen molar-refractivity contribution < 1.29 is 4.79 Å². The SMILES string of the molecule is CCCC(C)CC(=O)NCC1CCN(c2cccc(Br)c2)C1. The quantitative estimate of drug-likeness (QED) is 0.783. The van der Waals surface area contributed by atoms with E-state index in [-0.39, 0.29) is 5.91 Å². The van der Waals surface area contributed by atoms with E-state index < -0.39 is 0 Å². The van der Waals surface area contributed by atoms with Crippen molar-refractivity contribution in [2.75, 3.05) is 24.5 Å². The van der Waals surface area contributed by atoms with Crippen LogP contribution in [0.25, 0.3) is 0 Å². The van der Waals surface area contributed by atoms with Crippen LogP contribution in [-0.4, -0.2) is 25.5 Å². The van der Waals surface area contributed by atoms with Crippen LogP contribution >= 0.6 is 15.9 Å². The first kappa shape index (κ1) is 17.3. The predicted molar refractivity (Wildman–Crippen MR) is 96.2 cm³/mol. The second-order valence-electron chi connectivity index (χ2n) is 6.48. The molecule has 3 nitrogen and oxygen atoms in total. The molecule has 1 saturated heterocycles. The number of carbonyl (C=O) groups excluding carboxylic acids is 1. The summed E-state index contributed by atoms with van der Waals surface area (Å²) >= 11 is 3.53. The number of carbonyl (C=O) groups is 1. The van der Waals surface area contributed by atoms with Gasteiger partial charge in [0.15, 0.2) is 0 Å². The number of amides is 1. The van der Waals surface area contributed by atoms with Gasteiger partial charge in [0.05, 0.1) is 0 Å². The van der Waals surface area contributed by atoms with E-state index in [1.54, 1.807) is 0 Å². The van der Waals surface area contributed by atoms with Gasteiger partial charge < -0.3 is 10.2 Å². The van der Waals surface area contributed by atoms with E-state index in [1.807, 2.05) is 0 Å². The Morgan fingerprint density at radius 2 is 2.32 bits per heavy atom. The van der Waals surface area contributed by atoms with Crippen LogP contribution in [0.3, 0.4) is 0 Å². The zero-order chi connectivity index (χ0) is 15.9. The van der Waals surface area contributed by atoms with Gasteiger partial charge in [-0.1, -0.05) is 48.7 Å². The molecule has 0 saturated carbocycles. The molecule has 2 rings (SSSR count). The Bertz CT molecular complexity index is 492. The maximum absolute atomic E-state index is 12.0. The van der Waals surface area contributed by atoms with Crippen LogP contribution in [0.2, 0.25) is 0 Å². The first-order valence-electron chi connectivity index (χ1n) is 8.35. The third-order valence-electron chi connectivity index (χ3n) is 4.36. The van der Waals surface area contributed by atoms with Crippen LogP contribution in [-0.2, 0) is 4.79 Å². The summed E-state index contributed by atoms with van der Waals surface area (Å²) in [5.74, 6) is 1.26. The second-order valence-corrected chi connectivity index (χ2v) is 7.40. The molecular weight excluding hydrogens is 340 g/mol. The number of nitrogens with zero attached hydrogens (tertiary/aromatic N) is 1. The van der Waals surface area contributed by atoms with Gasteiger partial charge >= 0.3 is 0 Å². The van der Waals surface area contributed by atoms with Crippen LogP contribution in [0.4, 0.5) is 5.69 Å². The maximum atomic E-state index is 12.0. The number of nitrogens with one attached hydrogen (secondary N) is 1. The average molecular weight is 367 g/mol. The number of rotatable bonds is 7. The van der Waals surface area contributed by atoms with Gasteiger partial charge in [0.1, 0.15) is 0 Å². The molecular formula is C18H27BrN2O. The zero-order valence-electron chi connectivity index (χ0n) is 13.6. The molecule has 2 unspecified atom stereocenters. The van der Waals surface area contributed by atoms with Crippen molar-refractivity contribution in [1.82, 2.24) is 5.32 Å². The highest BCUT2D eigenvalue weighted by molar-refractivity contribution is 9.10. The van der Waals surface area contributed by atoms with Crippen LogP contribution in [0.1, 0.15) is 39.5 Å². The molecule has 1 fully saturated rings. The number of hydrogen-bond donors (Lipinski definition) is 1. The largest absolute Gasteiger partial charge is 0.371 e. The highest BCUT2D eigenvalue weighted by atomic mass is 79.9. The monoisotopic (exact) mass is 366 g/mol. The fourth-order valence-corrected chi connectivity index (χ4v) is 3.54. The van der Waals surface area contributed by atoms with Crippen LogP contribution in [0, 0.1) is 11.8 Å². The topological polar surface area (TPSA) is 32.3 Å². The molecule has 0 bridgehead atoms. The smallest absolute Gasteiger partial charge is 0.220 e. The Hall–Kier alpha value is -1.03. The van der Waals surface area contributed by atoms with E-state index in [0.29, 0.717) is 18.3 Å². The summed E-state index contributed by atoms with van der Waals surface area (Å²) in [5.41, 5.74) is 1.26. The molecule has 0 radical (unpaired) electrons. The summed E-state index contributed by atoms with van der Waals surface area (Å²) in [4.78, 5) is 14.4. The predicted octanol–water partition coefficient (Wildman–Crippen LogP) is 4.22. The lowest BCUT2D eigenvalue weighted by Crippen LogP contribution is -2.31. The second kappa shape index (κ2) is 8.56. The van der Waals surface area contributed by atoms with Gasteiger partial charge in [-0.25, -0.2) is 0 Å². The lowest BCUT2D eigenvalue weighted by atomic mass is 10.0. The molecule has 0 aliphatic carbocycles. The maximum Gasteiger partial charge on any atom is 0.220 e. The highest BCUT2D eigenvalue weighted by Crippen LogP contribution is 2.26. The Morgan fingerprint density at radius 3 is 3.05 bits per heavy atom. The van der Waals surface area contributed by atoms with Gasteiger partial charge in [-0.3, -0.25) is 4.79 Å². The van der Waals surface area contributed by atoms with E-state index in [2.05, 4.69) is 64.3 Å². The summed E-state index contributed by atoms with van der Waals surface area (Å²) in [6.45, 7) is 7.24. The minimum Gasteiger partial charge on any atom is -0.371 e. The highest BCUT2D eigenvalue weighted by Gasteiger charge is 2.23. The summed E-state index contributed by atoms with van der Waals surface area (Å²) < 4.78 is 1.12. The van der Waals surface area contributed by atoms with Gasteiger partial charge in [0.25, 0.3) is 0 Å². The molecule has 22 heavy (non-hydrogen) atoms. The molecule has 1 aromatic rings. The van der Waals surface area contributed by atoms with Crippen molar-refractivity contribution in [3.63, 3.8) is 0 Å². The minimum atomic E-state index is 0.210. The van der Waals surface area contributed by atoms with Gasteiger partial charge in [-0.05, 0) is 36.5 Å². The summed E-state index contributed by atoms with van der Waals surface area (Å²) in [6, 6.07) is 8.43. The molecule has 1 aromatic carbocycles. The number of hydrogen-bond acceptors (Lipinski definition) is 2. The average Bonchev–Trinajstić information content (AvgIpc) is 2.94. The molecule has 1 N–H and O–H groups in total. The van der Waals surface area contributed by atoms with Crippen LogP contribution in [0.5, 0.6) is 0 Å². The molecule has 0 spiro atoms. The van der Waals surface area contributed by atoms with Gasteiger partial charge in [-0.2, -0.15) is 0 Å². The molecule has 1 amide bonds. The molecule has 2 atom stereocenters. The Kier molecular flexibility index (Phi) is 6.74. The fourth-order valence-electron chi connectivity index (χ4n) is 3.15. The molecule has 1 aliphatic rings. The van der Waals surface area contributed by atoms with E-state index in [1.165, 1.54) is 5.69 Å².